The molecule has 120 valence electrons. The maximum Gasteiger partial charge on any atom is 0.410 e. The molecule has 0 spiro atoms. The van der Waals surface area contributed by atoms with E-state index in [1.54, 1.807) is 4.90 Å². The average Bonchev–Trinajstić information content (AvgIpc) is 2.52. The standard InChI is InChI=1S/C17H23NO4/c1-12(2)15-10-18(9-8-14(15)16(19)20)17(21)22-11-13-6-4-3-5-7-13/h3-7,12,14-15H,8-11H2,1-2H3,(H,19,20)/t14-,15-/m0/s1. The van der Waals surface area contributed by atoms with Crippen LogP contribution in [0, 0.1) is 17.8 Å². The van der Waals surface area contributed by atoms with E-state index in [2.05, 4.69) is 0 Å². The first-order valence-corrected chi connectivity index (χ1v) is 7.67. The van der Waals surface area contributed by atoms with E-state index < -0.39 is 5.97 Å². The molecule has 0 aromatic heterocycles. The zero-order chi connectivity index (χ0) is 16.1. The number of carboxylic acid groups (broad SMARTS) is 1. The van der Waals surface area contributed by atoms with Crippen molar-refractivity contribution in [2.45, 2.75) is 26.9 Å². The molecule has 0 bridgehead atoms. The summed E-state index contributed by atoms with van der Waals surface area (Å²) in [7, 11) is 0. The Bertz CT molecular complexity index is 515. The number of hydrogen-bond donors (Lipinski definition) is 1. The Morgan fingerprint density at radius 1 is 1.32 bits per heavy atom. The minimum atomic E-state index is -0.768. The summed E-state index contributed by atoms with van der Waals surface area (Å²) >= 11 is 0. The van der Waals surface area contributed by atoms with Crippen LogP contribution in [0.1, 0.15) is 25.8 Å². The molecule has 0 unspecified atom stereocenters. The largest absolute Gasteiger partial charge is 0.481 e. The molecule has 22 heavy (non-hydrogen) atoms. The summed E-state index contributed by atoms with van der Waals surface area (Å²) in [6.07, 6.45) is 0.122. The highest BCUT2D eigenvalue weighted by atomic mass is 16.6. The molecule has 0 saturated carbocycles. The molecule has 1 saturated heterocycles. The van der Waals surface area contributed by atoms with Gasteiger partial charge >= 0.3 is 12.1 Å². The summed E-state index contributed by atoms with van der Waals surface area (Å²) in [6, 6.07) is 9.52. The molecule has 1 aliphatic rings. The second kappa shape index (κ2) is 7.29. The maximum absolute atomic E-state index is 12.2. The topological polar surface area (TPSA) is 66.8 Å². The maximum atomic E-state index is 12.2. The summed E-state index contributed by atoms with van der Waals surface area (Å²) in [5.74, 6) is -0.962. The number of piperidine rings is 1. The van der Waals surface area contributed by atoms with E-state index in [-0.39, 0.29) is 30.5 Å². The fourth-order valence-electron chi connectivity index (χ4n) is 2.94. The third-order valence-corrected chi connectivity index (χ3v) is 4.29. The van der Waals surface area contributed by atoms with E-state index >= 15 is 0 Å². The Hall–Kier alpha value is -2.04. The highest BCUT2D eigenvalue weighted by Gasteiger charge is 2.37. The van der Waals surface area contributed by atoms with Gasteiger partial charge in [-0.05, 0) is 23.8 Å². The van der Waals surface area contributed by atoms with E-state index in [4.69, 9.17) is 4.74 Å². The van der Waals surface area contributed by atoms with Crippen molar-refractivity contribution in [3.8, 4) is 0 Å². The number of nitrogens with zero attached hydrogens (tertiary/aromatic N) is 1. The Balaban J connectivity index is 1.92. The quantitative estimate of drug-likeness (QED) is 0.928. The number of carboxylic acids is 1. The lowest BCUT2D eigenvalue weighted by Gasteiger charge is -2.38. The van der Waals surface area contributed by atoms with Crippen LogP contribution in [0.5, 0.6) is 0 Å². The third kappa shape index (κ3) is 4.00. The first-order chi connectivity index (χ1) is 10.5. The molecular formula is C17H23NO4. The van der Waals surface area contributed by atoms with Gasteiger partial charge in [-0.15, -0.1) is 0 Å². The molecule has 2 atom stereocenters. The SMILES string of the molecule is CC(C)[C@@H]1CN(C(=O)OCc2ccccc2)CC[C@@H]1C(=O)O. The smallest absolute Gasteiger partial charge is 0.410 e. The first-order valence-electron chi connectivity index (χ1n) is 7.67. The fourth-order valence-corrected chi connectivity index (χ4v) is 2.94. The van der Waals surface area contributed by atoms with Crippen LogP contribution in [0.2, 0.25) is 0 Å². The van der Waals surface area contributed by atoms with Crippen LogP contribution >= 0.6 is 0 Å². The molecule has 1 aliphatic heterocycles. The van der Waals surface area contributed by atoms with Crippen LogP contribution in [0.25, 0.3) is 0 Å². The van der Waals surface area contributed by atoms with E-state index in [9.17, 15) is 14.7 Å². The van der Waals surface area contributed by atoms with Gasteiger partial charge in [0, 0.05) is 13.1 Å². The van der Waals surface area contributed by atoms with Gasteiger partial charge in [0.2, 0.25) is 0 Å². The Morgan fingerprint density at radius 2 is 2.00 bits per heavy atom. The van der Waals surface area contributed by atoms with Crippen LogP contribution < -0.4 is 0 Å². The summed E-state index contributed by atoms with van der Waals surface area (Å²) in [4.78, 5) is 25.1. The van der Waals surface area contributed by atoms with Crippen molar-refractivity contribution in [1.82, 2.24) is 4.90 Å². The molecule has 5 heteroatoms. The van der Waals surface area contributed by atoms with Crippen LogP contribution in [0.4, 0.5) is 4.79 Å². The Labute approximate surface area is 130 Å². The monoisotopic (exact) mass is 305 g/mol. The lowest BCUT2D eigenvalue weighted by Crippen LogP contribution is -2.47. The molecular weight excluding hydrogens is 282 g/mol. The number of benzene rings is 1. The van der Waals surface area contributed by atoms with Crippen LogP contribution in [-0.2, 0) is 16.1 Å². The molecule has 5 nitrogen and oxygen atoms in total. The molecule has 2 rings (SSSR count). The number of aliphatic carboxylic acids is 1. The molecule has 0 aliphatic carbocycles. The van der Waals surface area contributed by atoms with Crippen molar-refractivity contribution in [2.24, 2.45) is 17.8 Å². The number of hydrogen-bond acceptors (Lipinski definition) is 3. The molecule has 1 amide bonds. The molecule has 0 radical (unpaired) electrons. The van der Waals surface area contributed by atoms with Gasteiger partial charge in [0.1, 0.15) is 6.61 Å². The average molecular weight is 305 g/mol. The molecule has 1 heterocycles. The number of rotatable bonds is 4. The first kappa shape index (κ1) is 16.3. The predicted octanol–water partition coefficient (Wildman–Crippen LogP) is 3.00. The van der Waals surface area contributed by atoms with Gasteiger partial charge in [0.05, 0.1) is 5.92 Å². The van der Waals surface area contributed by atoms with Crippen molar-refractivity contribution in [2.75, 3.05) is 13.1 Å². The Kier molecular flexibility index (Phi) is 5.41. The van der Waals surface area contributed by atoms with Gasteiger partial charge < -0.3 is 14.7 Å². The number of carbonyl (C=O) groups excluding carboxylic acids is 1. The molecule has 1 aromatic carbocycles. The van der Waals surface area contributed by atoms with E-state index in [0.29, 0.717) is 19.5 Å². The summed E-state index contributed by atoms with van der Waals surface area (Å²) in [5.41, 5.74) is 0.941. The highest BCUT2D eigenvalue weighted by molar-refractivity contribution is 5.72. The normalized spacial score (nSPS) is 21.7. The van der Waals surface area contributed by atoms with Crippen molar-refractivity contribution in [3.63, 3.8) is 0 Å². The van der Waals surface area contributed by atoms with Gasteiger partial charge in [0.15, 0.2) is 0 Å². The summed E-state index contributed by atoms with van der Waals surface area (Å²) in [6.45, 7) is 5.12. The highest BCUT2D eigenvalue weighted by Crippen LogP contribution is 2.30. The summed E-state index contributed by atoms with van der Waals surface area (Å²) in [5, 5.41) is 9.30. The second-order valence-electron chi connectivity index (χ2n) is 6.13. The van der Waals surface area contributed by atoms with E-state index in [1.807, 2.05) is 44.2 Å². The number of carbonyl (C=O) groups is 2. The minimum Gasteiger partial charge on any atom is -0.481 e. The number of likely N-dealkylation sites (tertiary alicyclic amines) is 1. The predicted molar refractivity (Wildman–Crippen MR) is 82.3 cm³/mol. The van der Waals surface area contributed by atoms with Gasteiger partial charge in [-0.1, -0.05) is 44.2 Å². The van der Waals surface area contributed by atoms with Crippen molar-refractivity contribution in [1.29, 1.82) is 0 Å². The Morgan fingerprint density at radius 3 is 2.59 bits per heavy atom. The van der Waals surface area contributed by atoms with Crippen molar-refractivity contribution >= 4 is 12.1 Å². The van der Waals surface area contributed by atoms with Gasteiger partial charge in [-0.3, -0.25) is 4.79 Å². The minimum absolute atomic E-state index is 0.0319. The zero-order valence-electron chi connectivity index (χ0n) is 13.1. The van der Waals surface area contributed by atoms with Crippen LogP contribution in [0.3, 0.4) is 0 Å². The molecule has 1 fully saturated rings. The van der Waals surface area contributed by atoms with E-state index in [1.165, 1.54) is 0 Å². The lowest BCUT2D eigenvalue weighted by atomic mass is 9.78. The van der Waals surface area contributed by atoms with Crippen LogP contribution in [-0.4, -0.2) is 35.2 Å². The fraction of sp³-hybridized carbons (Fsp3) is 0.529. The summed E-state index contributed by atoms with van der Waals surface area (Å²) < 4.78 is 5.33. The zero-order valence-corrected chi connectivity index (χ0v) is 13.1. The molecule has 1 N–H and O–H groups in total. The second-order valence-corrected chi connectivity index (χ2v) is 6.13. The van der Waals surface area contributed by atoms with Gasteiger partial charge in [-0.2, -0.15) is 0 Å². The van der Waals surface area contributed by atoms with Crippen molar-refractivity contribution in [3.05, 3.63) is 35.9 Å². The van der Waals surface area contributed by atoms with Crippen molar-refractivity contribution < 1.29 is 19.4 Å². The van der Waals surface area contributed by atoms with E-state index in [0.717, 1.165) is 5.56 Å². The molecule has 1 aromatic rings. The third-order valence-electron chi connectivity index (χ3n) is 4.29. The lowest BCUT2D eigenvalue weighted by molar-refractivity contribution is -0.146. The van der Waals surface area contributed by atoms with Gasteiger partial charge in [0.25, 0.3) is 0 Å². The number of amides is 1. The number of ether oxygens (including phenoxy) is 1. The van der Waals surface area contributed by atoms with Gasteiger partial charge in [-0.25, -0.2) is 4.79 Å². The van der Waals surface area contributed by atoms with Crippen LogP contribution in [0.15, 0.2) is 30.3 Å².